The van der Waals surface area contributed by atoms with Crippen LogP contribution in [0.25, 0.3) is 11.4 Å². The average molecular weight is 394 g/mol. The van der Waals surface area contributed by atoms with E-state index in [0.29, 0.717) is 36.8 Å². The molecule has 3 aromatic rings. The molecule has 148 valence electrons. The third-order valence-corrected chi connectivity index (χ3v) is 4.64. The average Bonchev–Trinajstić information content (AvgIpc) is 3.37. The van der Waals surface area contributed by atoms with Crippen LogP contribution in [0, 0.1) is 5.82 Å². The molecule has 0 aliphatic carbocycles. The van der Waals surface area contributed by atoms with Crippen LogP contribution >= 0.6 is 0 Å². The maximum Gasteiger partial charge on any atom is 0.267 e. The van der Waals surface area contributed by atoms with Gasteiger partial charge in [0.15, 0.2) is 0 Å². The molecule has 0 bridgehead atoms. The second kappa shape index (κ2) is 7.83. The van der Waals surface area contributed by atoms with Crippen molar-refractivity contribution in [1.82, 2.24) is 15.5 Å². The van der Waals surface area contributed by atoms with Crippen molar-refractivity contribution >= 4 is 11.6 Å². The number of nitrogens with zero attached hydrogens (tertiary/aromatic N) is 3. The predicted octanol–water partition coefficient (Wildman–Crippen LogP) is 3.12. The van der Waals surface area contributed by atoms with Crippen LogP contribution in [0.5, 0.6) is 0 Å². The molecule has 2 heterocycles. The van der Waals surface area contributed by atoms with E-state index in [1.807, 2.05) is 30.3 Å². The molecule has 8 heteroatoms. The van der Waals surface area contributed by atoms with Gasteiger partial charge in [-0.15, -0.1) is 0 Å². The van der Waals surface area contributed by atoms with Crippen molar-refractivity contribution in [2.45, 2.75) is 25.4 Å². The number of oxime groups is 1. The summed E-state index contributed by atoms with van der Waals surface area (Å²) in [5, 5.41) is 10.8. The first-order chi connectivity index (χ1) is 14.0. The zero-order valence-electron chi connectivity index (χ0n) is 15.8. The zero-order valence-corrected chi connectivity index (χ0v) is 15.8. The van der Waals surface area contributed by atoms with Crippen molar-refractivity contribution in [2.24, 2.45) is 5.16 Å². The number of carbonyl (C=O) groups is 1. The molecule has 1 aliphatic heterocycles. The molecule has 0 saturated carbocycles. The lowest BCUT2D eigenvalue weighted by Gasteiger charge is -2.20. The number of amides is 1. The third kappa shape index (κ3) is 4.16. The first kappa shape index (κ1) is 18.8. The summed E-state index contributed by atoms with van der Waals surface area (Å²) in [6.45, 7) is 1.99. The predicted molar refractivity (Wildman–Crippen MR) is 103 cm³/mol. The lowest BCUT2D eigenvalue weighted by Crippen LogP contribution is -2.45. The summed E-state index contributed by atoms with van der Waals surface area (Å²) >= 11 is 0. The Kier molecular flexibility index (Phi) is 5.07. The summed E-state index contributed by atoms with van der Waals surface area (Å²) in [6, 6.07) is 15.4. The number of halogens is 1. The van der Waals surface area contributed by atoms with Crippen LogP contribution in [0.1, 0.15) is 24.8 Å². The molecule has 1 aromatic heterocycles. The van der Waals surface area contributed by atoms with Gasteiger partial charge in [0.05, 0.1) is 5.71 Å². The minimum absolute atomic E-state index is 0.291. The number of nitrogens with one attached hydrogen (secondary N) is 1. The van der Waals surface area contributed by atoms with Crippen molar-refractivity contribution in [3.8, 4) is 11.4 Å². The Bertz CT molecular complexity index is 1030. The third-order valence-electron chi connectivity index (χ3n) is 4.64. The Morgan fingerprint density at radius 1 is 1.14 bits per heavy atom. The van der Waals surface area contributed by atoms with Gasteiger partial charge in [0.2, 0.25) is 17.3 Å². The first-order valence-corrected chi connectivity index (χ1v) is 9.21. The molecular weight excluding hydrogens is 375 g/mol. The van der Waals surface area contributed by atoms with Gasteiger partial charge >= 0.3 is 0 Å². The molecule has 1 aliphatic rings. The van der Waals surface area contributed by atoms with Crippen LogP contribution in [0.2, 0.25) is 0 Å². The molecule has 1 unspecified atom stereocenters. The molecule has 29 heavy (non-hydrogen) atoms. The lowest BCUT2D eigenvalue weighted by molar-refractivity contribution is -0.141. The van der Waals surface area contributed by atoms with Gasteiger partial charge in [0, 0.05) is 24.9 Å². The molecule has 7 nitrogen and oxygen atoms in total. The Morgan fingerprint density at radius 2 is 1.90 bits per heavy atom. The highest BCUT2D eigenvalue weighted by Gasteiger charge is 2.42. The molecule has 0 radical (unpaired) electrons. The molecule has 1 atom stereocenters. The second-order valence-corrected chi connectivity index (χ2v) is 6.93. The van der Waals surface area contributed by atoms with Crippen LogP contribution in [0.4, 0.5) is 4.39 Å². The second-order valence-electron chi connectivity index (χ2n) is 6.93. The fourth-order valence-electron chi connectivity index (χ4n) is 2.99. The highest BCUT2D eigenvalue weighted by atomic mass is 19.1. The van der Waals surface area contributed by atoms with Gasteiger partial charge in [-0.2, -0.15) is 4.98 Å². The number of benzene rings is 2. The topological polar surface area (TPSA) is 89.6 Å². The van der Waals surface area contributed by atoms with Crippen LogP contribution in [-0.2, 0) is 16.1 Å². The van der Waals surface area contributed by atoms with Gasteiger partial charge < -0.3 is 14.7 Å². The van der Waals surface area contributed by atoms with E-state index >= 15 is 0 Å². The maximum absolute atomic E-state index is 13.1. The summed E-state index contributed by atoms with van der Waals surface area (Å²) < 4.78 is 18.3. The molecule has 0 spiro atoms. The summed E-state index contributed by atoms with van der Waals surface area (Å²) in [6.07, 6.45) is 0.691. The van der Waals surface area contributed by atoms with E-state index in [9.17, 15) is 9.18 Å². The first-order valence-electron chi connectivity index (χ1n) is 9.21. The summed E-state index contributed by atoms with van der Waals surface area (Å²) in [5.41, 5.74) is 1.08. The Morgan fingerprint density at radius 3 is 2.66 bits per heavy atom. The molecule has 0 saturated heterocycles. The van der Waals surface area contributed by atoms with Gasteiger partial charge in [0.25, 0.3) is 5.91 Å². The standard InChI is InChI=1S/C21H19FN4O3/c1-21(13-17(25-29-21)14-7-9-16(22)10-8-14)20(27)23-12-11-18-24-19(26-28-18)15-5-3-2-4-6-15/h2-10H,11-13H2,1H3,(H,23,27). The van der Waals surface area contributed by atoms with E-state index in [1.165, 1.54) is 12.1 Å². The highest BCUT2D eigenvalue weighted by Crippen LogP contribution is 2.27. The number of hydrogen-bond donors (Lipinski definition) is 1. The highest BCUT2D eigenvalue weighted by molar-refractivity contribution is 6.05. The minimum atomic E-state index is -1.12. The zero-order chi connectivity index (χ0) is 20.3. The molecular formula is C21H19FN4O3. The summed E-state index contributed by atoms with van der Waals surface area (Å²) in [4.78, 5) is 22.3. The maximum atomic E-state index is 13.1. The normalized spacial score (nSPS) is 18.2. The largest absolute Gasteiger partial charge is 0.379 e. The van der Waals surface area contributed by atoms with Gasteiger partial charge in [-0.3, -0.25) is 4.79 Å². The van der Waals surface area contributed by atoms with Gasteiger partial charge in [-0.1, -0.05) is 52.8 Å². The number of hydrogen-bond acceptors (Lipinski definition) is 6. The fourth-order valence-corrected chi connectivity index (χ4v) is 2.99. The van der Waals surface area contributed by atoms with Crippen LogP contribution < -0.4 is 5.32 Å². The van der Waals surface area contributed by atoms with Crippen LogP contribution in [-0.4, -0.2) is 33.9 Å². The molecule has 4 rings (SSSR count). The summed E-state index contributed by atoms with van der Waals surface area (Å²) in [7, 11) is 0. The van der Waals surface area contributed by atoms with Gasteiger partial charge in [0.1, 0.15) is 5.82 Å². The quantitative estimate of drug-likeness (QED) is 0.694. The molecule has 1 amide bonds. The van der Waals surface area contributed by atoms with E-state index < -0.39 is 5.60 Å². The summed E-state index contributed by atoms with van der Waals surface area (Å²) in [5.74, 6) is 0.326. The smallest absolute Gasteiger partial charge is 0.267 e. The number of carbonyl (C=O) groups excluding carboxylic acids is 1. The van der Waals surface area contributed by atoms with Crippen molar-refractivity contribution in [2.75, 3.05) is 6.54 Å². The van der Waals surface area contributed by atoms with E-state index in [0.717, 1.165) is 11.1 Å². The number of rotatable bonds is 6. The fraction of sp³-hybridized carbons (Fsp3) is 0.238. The molecule has 0 fully saturated rings. The van der Waals surface area contributed by atoms with Crippen molar-refractivity contribution in [3.63, 3.8) is 0 Å². The van der Waals surface area contributed by atoms with E-state index in [2.05, 4.69) is 20.6 Å². The molecule has 1 N–H and O–H groups in total. The van der Waals surface area contributed by atoms with Crippen molar-refractivity contribution in [1.29, 1.82) is 0 Å². The van der Waals surface area contributed by atoms with Crippen molar-refractivity contribution in [3.05, 3.63) is 71.9 Å². The van der Waals surface area contributed by atoms with E-state index in [1.54, 1.807) is 19.1 Å². The van der Waals surface area contributed by atoms with Crippen LogP contribution in [0.15, 0.2) is 64.3 Å². The number of aromatic nitrogens is 2. The van der Waals surface area contributed by atoms with Crippen LogP contribution in [0.3, 0.4) is 0 Å². The SMILES string of the molecule is CC1(C(=O)NCCc2nc(-c3ccccc3)no2)CC(c2ccc(F)cc2)=NO1. The lowest BCUT2D eigenvalue weighted by atomic mass is 9.95. The van der Waals surface area contributed by atoms with E-state index in [4.69, 9.17) is 9.36 Å². The monoisotopic (exact) mass is 394 g/mol. The Labute approximate surface area is 166 Å². The Hall–Kier alpha value is -3.55. The van der Waals surface area contributed by atoms with Gasteiger partial charge in [-0.25, -0.2) is 4.39 Å². The van der Waals surface area contributed by atoms with Gasteiger partial charge in [-0.05, 0) is 24.6 Å². The minimum Gasteiger partial charge on any atom is -0.379 e. The Balaban J connectivity index is 1.30. The molecule has 2 aromatic carbocycles. The van der Waals surface area contributed by atoms with E-state index in [-0.39, 0.29) is 11.7 Å². The van der Waals surface area contributed by atoms with Crippen molar-refractivity contribution < 1.29 is 18.5 Å².